The Bertz CT molecular complexity index is 764. The van der Waals surface area contributed by atoms with Gasteiger partial charge in [-0.1, -0.05) is 12.1 Å². The van der Waals surface area contributed by atoms with E-state index in [9.17, 15) is 22.8 Å². The number of halogens is 3. The molecule has 5 nitrogen and oxygen atoms in total. The molecule has 1 heterocycles. The SMILES string of the molecule is CCN(CCc1ccncc1)C(=O)C(=O)Nc1ccccc1C(F)(F)F. The molecule has 0 aliphatic carbocycles. The summed E-state index contributed by atoms with van der Waals surface area (Å²) in [6.07, 6.45) is -0.879. The summed E-state index contributed by atoms with van der Waals surface area (Å²) in [5.74, 6) is -1.98. The number of likely N-dealkylation sites (N-methyl/N-ethyl adjacent to an activating group) is 1. The predicted molar refractivity (Wildman–Crippen MR) is 90.3 cm³/mol. The maximum atomic E-state index is 13.0. The van der Waals surface area contributed by atoms with Crippen molar-refractivity contribution in [2.75, 3.05) is 18.4 Å². The number of pyridine rings is 1. The highest BCUT2D eigenvalue weighted by Crippen LogP contribution is 2.34. The van der Waals surface area contributed by atoms with Gasteiger partial charge >= 0.3 is 18.0 Å². The van der Waals surface area contributed by atoms with Gasteiger partial charge in [0.25, 0.3) is 0 Å². The van der Waals surface area contributed by atoms with Gasteiger partial charge in [0.05, 0.1) is 11.3 Å². The second-order valence-electron chi connectivity index (χ2n) is 5.49. The number of hydrogen-bond acceptors (Lipinski definition) is 3. The van der Waals surface area contributed by atoms with Gasteiger partial charge in [-0.15, -0.1) is 0 Å². The predicted octanol–water partition coefficient (Wildman–Crippen LogP) is 3.13. The van der Waals surface area contributed by atoms with Gasteiger partial charge in [0.1, 0.15) is 0 Å². The lowest BCUT2D eigenvalue weighted by molar-refractivity contribution is -0.143. The lowest BCUT2D eigenvalue weighted by atomic mass is 10.1. The van der Waals surface area contributed by atoms with Crippen molar-refractivity contribution in [2.45, 2.75) is 19.5 Å². The topological polar surface area (TPSA) is 62.3 Å². The van der Waals surface area contributed by atoms with E-state index >= 15 is 0 Å². The quantitative estimate of drug-likeness (QED) is 0.828. The van der Waals surface area contributed by atoms with Crippen LogP contribution in [0.3, 0.4) is 0 Å². The average Bonchev–Trinajstić information content (AvgIpc) is 2.62. The van der Waals surface area contributed by atoms with E-state index in [-0.39, 0.29) is 13.1 Å². The third-order valence-electron chi connectivity index (χ3n) is 3.76. The van der Waals surface area contributed by atoms with E-state index in [1.165, 1.54) is 17.0 Å². The molecule has 2 rings (SSSR count). The Morgan fingerprint density at radius 1 is 1.12 bits per heavy atom. The molecule has 0 unspecified atom stereocenters. The fourth-order valence-electron chi connectivity index (χ4n) is 2.38. The molecule has 0 radical (unpaired) electrons. The second-order valence-corrected chi connectivity index (χ2v) is 5.49. The number of alkyl halides is 3. The van der Waals surface area contributed by atoms with E-state index in [0.29, 0.717) is 6.42 Å². The standard InChI is InChI=1S/C18H18F3N3O2/c1-2-24(12-9-13-7-10-22-11-8-13)17(26)16(25)23-15-6-4-3-5-14(15)18(19,20)21/h3-8,10-11H,2,9,12H2,1H3,(H,23,25). The van der Waals surface area contributed by atoms with Crippen molar-refractivity contribution in [3.63, 3.8) is 0 Å². The summed E-state index contributed by atoms with van der Waals surface area (Å²) < 4.78 is 38.9. The first-order valence-corrected chi connectivity index (χ1v) is 7.98. The van der Waals surface area contributed by atoms with Crippen LogP contribution in [0.25, 0.3) is 0 Å². The Morgan fingerprint density at radius 2 is 1.77 bits per heavy atom. The molecule has 0 bridgehead atoms. The fraction of sp³-hybridized carbons (Fsp3) is 0.278. The van der Waals surface area contributed by atoms with Crippen LogP contribution in [0.2, 0.25) is 0 Å². The number of anilines is 1. The summed E-state index contributed by atoms with van der Waals surface area (Å²) in [7, 11) is 0. The van der Waals surface area contributed by atoms with Crippen molar-refractivity contribution in [3.05, 3.63) is 59.9 Å². The zero-order valence-electron chi connectivity index (χ0n) is 14.1. The highest BCUT2D eigenvalue weighted by atomic mass is 19.4. The molecule has 1 aromatic heterocycles. The molecule has 0 fully saturated rings. The highest BCUT2D eigenvalue weighted by molar-refractivity contribution is 6.39. The maximum Gasteiger partial charge on any atom is 0.418 e. The van der Waals surface area contributed by atoms with Gasteiger partial charge in [-0.25, -0.2) is 0 Å². The third kappa shape index (κ3) is 5.05. The highest BCUT2D eigenvalue weighted by Gasteiger charge is 2.34. The van der Waals surface area contributed by atoms with Gasteiger partial charge in [0.15, 0.2) is 0 Å². The summed E-state index contributed by atoms with van der Waals surface area (Å²) in [5.41, 5.74) is -0.501. The first-order chi connectivity index (χ1) is 12.3. The van der Waals surface area contributed by atoms with Crippen molar-refractivity contribution in [2.24, 2.45) is 0 Å². The fourth-order valence-corrected chi connectivity index (χ4v) is 2.38. The summed E-state index contributed by atoms with van der Waals surface area (Å²) in [5, 5.41) is 2.07. The molecule has 0 saturated carbocycles. The van der Waals surface area contributed by atoms with Gasteiger partial charge in [0.2, 0.25) is 0 Å². The number of nitrogens with one attached hydrogen (secondary N) is 1. The number of carbonyl (C=O) groups is 2. The van der Waals surface area contributed by atoms with Crippen molar-refractivity contribution >= 4 is 17.5 Å². The zero-order chi connectivity index (χ0) is 19.2. The Morgan fingerprint density at radius 3 is 2.38 bits per heavy atom. The number of carbonyl (C=O) groups excluding carboxylic acids is 2. The summed E-state index contributed by atoms with van der Waals surface area (Å²) in [6, 6.07) is 8.11. The van der Waals surface area contributed by atoms with Crippen molar-refractivity contribution < 1.29 is 22.8 Å². The Balaban J connectivity index is 2.05. The van der Waals surface area contributed by atoms with Gasteiger partial charge in [-0.3, -0.25) is 14.6 Å². The molecule has 0 aliphatic rings. The van der Waals surface area contributed by atoms with E-state index < -0.39 is 29.2 Å². The minimum Gasteiger partial charge on any atom is -0.334 e. The van der Waals surface area contributed by atoms with Crippen LogP contribution < -0.4 is 5.32 Å². The number of nitrogens with zero attached hydrogens (tertiary/aromatic N) is 2. The van der Waals surface area contributed by atoms with Crippen LogP contribution in [0.5, 0.6) is 0 Å². The van der Waals surface area contributed by atoms with Crippen LogP contribution in [0.15, 0.2) is 48.8 Å². The Hall–Kier alpha value is -2.90. The van der Waals surface area contributed by atoms with Crippen molar-refractivity contribution in [1.82, 2.24) is 9.88 Å². The normalized spacial score (nSPS) is 11.1. The summed E-state index contributed by atoms with van der Waals surface area (Å²) in [6.45, 7) is 2.23. The largest absolute Gasteiger partial charge is 0.418 e. The summed E-state index contributed by atoms with van der Waals surface area (Å²) >= 11 is 0. The van der Waals surface area contributed by atoms with Gasteiger partial charge in [0, 0.05) is 25.5 Å². The molecule has 1 aromatic carbocycles. The van der Waals surface area contributed by atoms with Crippen molar-refractivity contribution in [3.8, 4) is 0 Å². The van der Waals surface area contributed by atoms with Crippen LogP contribution in [-0.2, 0) is 22.2 Å². The van der Waals surface area contributed by atoms with Crippen molar-refractivity contribution in [1.29, 1.82) is 0 Å². The van der Waals surface area contributed by atoms with Crippen LogP contribution in [0.4, 0.5) is 18.9 Å². The molecule has 8 heteroatoms. The van der Waals surface area contributed by atoms with Gasteiger partial charge < -0.3 is 10.2 Å². The first kappa shape index (κ1) is 19.4. The third-order valence-corrected chi connectivity index (χ3v) is 3.76. The maximum absolute atomic E-state index is 13.0. The molecule has 1 N–H and O–H groups in total. The molecular formula is C18H18F3N3O2. The van der Waals surface area contributed by atoms with Crippen LogP contribution in [0, 0.1) is 0 Å². The minimum atomic E-state index is -4.63. The molecule has 0 aliphatic heterocycles. The molecule has 0 spiro atoms. The number of rotatable bonds is 5. The Labute approximate surface area is 148 Å². The monoisotopic (exact) mass is 365 g/mol. The number of hydrogen-bond donors (Lipinski definition) is 1. The van der Waals surface area contributed by atoms with E-state index in [0.717, 1.165) is 17.7 Å². The number of para-hydroxylation sites is 1. The van der Waals surface area contributed by atoms with E-state index in [1.807, 2.05) is 0 Å². The second kappa shape index (κ2) is 8.46. The van der Waals surface area contributed by atoms with Crippen LogP contribution >= 0.6 is 0 Å². The number of aromatic nitrogens is 1. The van der Waals surface area contributed by atoms with Gasteiger partial charge in [-0.05, 0) is 43.2 Å². The zero-order valence-corrected chi connectivity index (χ0v) is 14.1. The van der Waals surface area contributed by atoms with Gasteiger partial charge in [-0.2, -0.15) is 13.2 Å². The Kier molecular flexibility index (Phi) is 6.32. The van der Waals surface area contributed by atoms with Crippen LogP contribution in [0.1, 0.15) is 18.1 Å². The molecule has 26 heavy (non-hydrogen) atoms. The van der Waals surface area contributed by atoms with E-state index in [2.05, 4.69) is 10.3 Å². The van der Waals surface area contributed by atoms with Crippen LogP contribution in [-0.4, -0.2) is 34.8 Å². The molecule has 0 saturated heterocycles. The minimum absolute atomic E-state index is 0.262. The first-order valence-electron chi connectivity index (χ1n) is 7.98. The molecule has 138 valence electrons. The lowest BCUT2D eigenvalue weighted by Crippen LogP contribution is -2.41. The molecule has 0 atom stereocenters. The smallest absolute Gasteiger partial charge is 0.334 e. The van der Waals surface area contributed by atoms with E-state index in [4.69, 9.17) is 0 Å². The average molecular weight is 365 g/mol. The molecular weight excluding hydrogens is 347 g/mol. The molecule has 2 amide bonds. The number of amides is 2. The van der Waals surface area contributed by atoms with E-state index in [1.54, 1.807) is 31.5 Å². The number of benzene rings is 1. The lowest BCUT2D eigenvalue weighted by Gasteiger charge is -2.21. The summed E-state index contributed by atoms with van der Waals surface area (Å²) in [4.78, 5) is 29.6. The molecule has 2 aromatic rings.